The van der Waals surface area contributed by atoms with Crippen molar-refractivity contribution in [3.05, 3.63) is 35.4 Å². The van der Waals surface area contributed by atoms with Gasteiger partial charge in [-0.25, -0.2) is 4.79 Å². The maximum absolute atomic E-state index is 12.1. The van der Waals surface area contributed by atoms with E-state index in [1.807, 2.05) is 45.0 Å². The quantitative estimate of drug-likeness (QED) is 0.207. The molecule has 0 radical (unpaired) electrons. The van der Waals surface area contributed by atoms with Crippen molar-refractivity contribution in [2.45, 2.75) is 39.2 Å². The average molecular weight is 533 g/mol. The molecular formula is C21H36IN5O3. The lowest BCUT2D eigenvalue weighted by Crippen LogP contribution is -2.40. The van der Waals surface area contributed by atoms with Crippen molar-refractivity contribution in [1.29, 1.82) is 0 Å². The number of halogens is 1. The van der Waals surface area contributed by atoms with Gasteiger partial charge in [0.1, 0.15) is 5.60 Å². The van der Waals surface area contributed by atoms with Gasteiger partial charge in [-0.15, -0.1) is 24.0 Å². The molecule has 0 aliphatic heterocycles. The molecule has 0 spiro atoms. The van der Waals surface area contributed by atoms with Crippen LogP contribution in [0.4, 0.5) is 4.79 Å². The Labute approximate surface area is 197 Å². The fourth-order valence-corrected chi connectivity index (χ4v) is 2.46. The number of hydrogen-bond acceptors (Lipinski definition) is 4. The number of carbonyl (C=O) groups is 2. The summed E-state index contributed by atoms with van der Waals surface area (Å²) >= 11 is 0. The third-order valence-electron chi connectivity index (χ3n) is 3.82. The molecule has 30 heavy (non-hydrogen) atoms. The summed E-state index contributed by atoms with van der Waals surface area (Å²) in [4.78, 5) is 29.4. The van der Waals surface area contributed by atoms with E-state index in [0.717, 1.165) is 18.4 Å². The number of alkyl carbamates (subject to hydrolysis) is 1. The lowest BCUT2D eigenvalue weighted by Gasteiger charge is -2.19. The van der Waals surface area contributed by atoms with E-state index >= 15 is 0 Å². The Kier molecular flexibility index (Phi) is 13.1. The standard InChI is InChI=1S/C21H35N5O3.HI/c1-21(2,3)29-20(28)25-13-8-12-23-19(22-4)24-14-11-16-9-7-10-17(15-16)18(27)26(5)6;/h7,9-10,15H,8,11-14H2,1-6H3,(H,25,28)(H2,22,23,24);1H. The Balaban J connectivity index is 0.00000841. The van der Waals surface area contributed by atoms with Crippen LogP contribution in [0.3, 0.4) is 0 Å². The van der Waals surface area contributed by atoms with Gasteiger partial charge in [-0.1, -0.05) is 12.1 Å². The highest BCUT2D eigenvalue weighted by atomic mass is 127. The number of hydrogen-bond donors (Lipinski definition) is 3. The molecule has 0 fully saturated rings. The molecule has 1 rings (SSSR count). The van der Waals surface area contributed by atoms with Gasteiger partial charge in [-0.3, -0.25) is 9.79 Å². The van der Waals surface area contributed by atoms with Crippen LogP contribution in [0.1, 0.15) is 43.1 Å². The van der Waals surface area contributed by atoms with Crippen LogP contribution in [0.25, 0.3) is 0 Å². The molecule has 0 unspecified atom stereocenters. The largest absolute Gasteiger partial charge is 0.444 e. The third-order valence-corrected chi connectivity index (χ3v) is 3.82. The molecule has 9 heteroatoms. The number of aliphatic imine (C=N–C) groups is 1. The van der Waals surface area contributed by atoms with Crippen LogP contribution < -0.4 is 16.0 Å². The number of benzene rings is 1. The Hall–Kier alpha value is -2.04. The molecular weight excluding hydrogens is 497 g/mol. The second-order valence-corrected chi connectivity index (χ2v) is 7.86. The van der Waals surface area contributed by atoms with Crippen molar-refractivity contribution in [1.82, 2.24) is 20.9 Å². The summed E-state index contributed by atoms with van der Waals surface area (Å²) in [5, 5.41) is 9.19. The highest BCUT2D eigenvalue weighted by molar-refractivity contribution is 14.0. The molecule has 8 nitrogen and oxygen atoms in total. The minimum Gasteiger partial charge on any atom is -0.444 e. The molecule has 0 bridgehead atoms. The highest BCUT2D eigenvalue weighted by Crippen LogP contribution is 2.08. The Morgan fingerprint density at radius 2 is 1.70 bits per heavy atom. The summed E-state index contributed by atoms with van der Waals surface area (Å²) in [6, 6.07) is 7.65. The topological polar surface area (TPSA) is 95.1 Å². The predicted octanol–water partition coefficient (Wildman–Crippen LogP) is 2.63. The van der Waals surface area contributed by atoms with E-state index in [2.05, 4.69) is 20.9 Å². The normalized spacial score (nSPS) is 11.2. The van der Waals surface area contributed by atoms with Gasteiger partial charge in [0, 0.05) is 46.3 Å². The van der Waals surface area contributed by atoms with Crippen molar-refractivity contribution in [3.8, 4) is 0 Å². The fourth-order valence-electron chi connectivity index (χ4n) is 2.46. The molecule has 1 aromatic carbocycles. The minimum atomic E-state index is -0.493. The van der Waals surface area contributed by atoms with Crippen LogP contribution >= 0.6 is 24.0 Å². The molecule has 0 atom stereocenters. The van der Waals surface area contributed by atoms with E-state index in [4.69, 9.17) is 4.74 Å². The number of amides is 2. The molecule has 0 saturated carbocycles. The Morgan fingerprint density at radius 3 is 2.30 bits per heavy atom. The first kappa shape index (κ1) is 28.0. The summed E-state index contributed by atoms with van der Waals surface area (Å²) in [7, 11) is 5.20. The first-order valence-corrected chi connectivity index (χ1v) is 9.84. The molecule has 1 aromatic rings. The molecule has 0 saturated heterocycles. The van der Waals surface area contributed by atoms with Gasteiger partial charge in [0.25, 0.3) is 5.91 Å². The summed E-state index contributed by atoms with van der Waals surface area (Å²) in [6.07, 6.45) is 1.11. The van der Waals surface area contributed by atoms with Crippen molar-refractivity contribution in [2.24, 2.45) is 4.99 Å². The lowest BCUT2D eigenvalue weighted by molar-refractivity contribution is 0.0527. The van der Waals surface area contributed by atoms with Gasteiger partial charge >= 0.3 is 6.09 Å². The van der Waals surface area contributed by atoms with Gasteiger partial charge in [0.15, 0.2) is 5.96 Å². The first-order chi connectivity index (χ1) is 13.6. The monoisotopic (exact) mass is 533 g/mol. The van der Waals surface area contributed by atoms with E-state index in [9.17, 15) is 9.59 Å². The molecule has 170 valence electrons. The Bertz CT molecular complexity index is 702. The van der Waals surface area contributed by atoms with Crippen LogP contribution in [0.15, 0.2) is 29.3 Å². The van der Waals surface area contributed by atoms with E-state index in [1.54, 1.807) is 26.0 Å². The van der Waals surface area contributed by atoms with Gasteiger partial charge < -0.3 is 25.6 Å². The highest BCUT2D eigenvalue weighted by Gasteiger charge is 2.15. The first-order valence-electron chi connectivity index (χ1n) is 9.84. The maximum Gasteiger partial charge on any atom is 0.407 e. The van der Waals surface area contributed by atoms with E-state index in [0.29, 0.717) is 31.2 Å². The van der Waals surface area contributed by atoms with E-state index in [-0.39, 0.29) is 29.9 Å². The molecule has 0 aromatic heterocycles. The zero-order chi connectivity index (χ0) is 21.9. The van der Waals surface area contributed by atoms with Crippen LogP contribution in [0.2, 0.25) is 0 Å². The second kappa shape index (κ2) is 14.1. The van der Waals surface area contributed by atoms with E-state index < -0.39 is 11.7 Å². The summed E-state index contributed by atoms with van der Waals surface area (Å²) in [6.45, 7) is 7.38. The third kappa shape index (κ3) is 11.8. The van der Waals surface area contributed by atoms with Gasteiger partial charge in [-0.2, -0.15) is 0 Å². The number of guanidine groups is 1. The minimum absolute atomic E-state index is 0. The average Bonchev–Trinajstić information content (AvgIpc) is 2.64. The SMILES string of the molecule is CN=C(NCCCNC(=O)OC(C)(C)C)NCCc1cccc(C(=O)N(C)C)c1.I. The predicted molar refractivity (Wildman–Crippen MR) is 132 cm³/mol. The smallest absolute Gasteiger partial charge is 0.407 e. The number of nitrogens with zero attached hydrogens (tertiary/aromatic N) is 2. The van der Waals surface area contributed by atoms with E-state index in [1.165, 1.54) is 0 Å². The van der Waals surface area contributed by atoms with Crippen LogP contribution in [0, 0.1) is 0 Å². The van der Waals surface area contributed by atoms with Crippen molar-refractivity contribution < 1.29 is 14.3 Å². The fraction of sp³-hybridized carbons (Fsp3) is 0.571. The molecule has 3 N–H and O–H groups in total. The second-order valence-electron chi connectivity index (χ2n) is 7.86. The van der Waals surface area contributed by atoms with Crippen molar-refractivity contribution in [2.75, 3.05) is 40.8 Å². The summed E-state index contributed by atoms with van der Waals surface area (Å²) in [5.74, 6) is 0.695. The van der Waals surface area contributed by atoms with Crippen LogP contribution in [-0.2, 0) is 11.2 Å². The lowest BCUT2D eigenvalue weighted by atomic mass is 10.1. The van der Waals surface area contributed by atoms with Gasteiger partial charge in [0.2, 0.25) is 0 Å². The number of nitrogens with one attached hydrogen (secondary N) is 3. The number of carbonyl (C=O) groups excluding carboxylic acids is 2. The van der Waals surface area contributed by atoms with Crippen molar-refractivity contribution in [3.63, 3.8) is 0 Å². The maximum atomic E-state index is 12.1. The Morgan fingerprint density at radius 1 is 1.07 bits per heavy atom. The van der Waals surface area contributed by atoms with Gasteiger partial charge in [-0.05, 0) is 51.3 Å². The number of rotatable bonds is 8. The molecule has 0 aliphatic carbocycles. The zero-order valence-electron chi connectivity index (χ0n) is 18.9. The molecule has 0 aliphatic rings. The van der Waals surface area contributed by atoms with Gasteiger partial charge in [0.05, 0.1) is 0 Å². The molecule has 0 heterocycles. The molecule has 2 amide bonds. The van der Waals surface area contributed by atoms with Crippen LogP contribution in [0.5, 0.6) is 0 Å². The summed E-state index contributed by atoms with van der Waals surface area (Å²) in [5.41, 5.74) is 1.28. The summed E-state index contributed by atoms with van der Waals surface area (Å²) < 4.78 is 5.19. The number of ether oxygens (including phenoxy) is 1. The van der Waals surface area contributed by atoms with Crippen LogP contribution in [-0.4, -0.2) is 69.2 Å². The zero-order valence-corrected chi connectivity index (χ0v) is 21.2. The van der Waals surface area contributed by atoms with Crippen molar-refractivity contribution >= 4 is 41.9 Å².